The van der Waals surface area contributed by atoms with Crippen molar-refractivity contribution in [2.45, 2.75) is 51.1 Å². The van der Waals surface area contributed by atoms with E-state index in [4.69, 9.17) is 5.73 Å². The molecule has 2 rings (SSSR count). The molecule has 1 aromatic rings. The number of nitrogen functional groups attached to an aromatic ring is 1. The molecule has 0 aliphatic heterocycles. The summed E-state index contributed by atoms with van der Waals surface area (Å²) in [6.45, 7) is 1.84. The molecule has 0 aromatic heterocycles. The number of benzene rings is 1. The number of hydrogen-bond donors (Lipinski definition) is 1. The molecule has 0 amide bonds. The highest BCUT2D eigenvalue weighted by molar-refractivity contribution is 5.57. The minimum atomic E-state index is -4.29. The van der Waals surface area contributed by atoms with Gasteiger partial charge in [-0.1, -0.05) is 19.8 Å². The second-order valence-electron chi connectivity index (χ2n) is 4.97. The van der Waals surface area contributed by atoms with Crippen molar-refractivity contribution in [2.24, 2.45) is 0 Å². The highest BCUT2D eigenvalue weighted by Gasteiger charge is 2.33. The highest BCUT2D eigenvalue weighted by atomic mass is 19.4. The first kappa shape index (κ1) is 13.2. The summed E-state index contributed by atoms with van der Waals surface area (Å²) in [5.74, 6) is 0.206. The molecular formula is C14H18F3N. The van der Waals surface area contributed by atoms with Gasteiger partial charge in [0.05, 0.1) is 5.56 Å². The van der Waals surface area contributed by atoms with Crippen molar-refractivity contribution >= 4 is 5.69 Å². The summed E-state index contributed by atoms with van der Waals surface area (Å²) < 4.78 is 38.6. The molecule has 1 fully saturated rings. The van der Waals surface area contributed by atoms with Crippen molar-refractivity contribution in [2.75, 3.05) is 5.73 Å². The van der Waals surface area contributed by atoms with Crippen molar-refractivity contribution in [1.82, 2.24) is 0 Å². The molecular weight excluding hydrogens is 239 g/mol. The van der Waals surface area contributed by atoms with Crippen LogP contribution in [0.25, 0.3) is 0 Å². The van der Waals surface area contributed by atoms with Gasteiger partial charge in [0.2, 0.25) is 0 Å². The van der Waals surface area contributed by atoms with Gasteiger partial charge in [-0.25, -0.2) is 0 Å². The molecule has 1 nitrogen and oxygen atoms in total. The summed E-state index contributed by atoms with van der Waals surface area (Å²) in [6.07, 6.45) is 0.327. The minimum absolute atomic E-state index is 0.206. The molecule has 1 aromatic carbocycles. The van der Waals surface area contributed by atoms with E-state index in [9.17, 15) is 13.2 Å². The number of nitrogens with two attached hydrogens (primary N) is 1. The Balaban J connectivity index is 2.49. The van der Waals surface area contributed by atoms with Gasteiger partial charge in [0, 0.05) is 5.69 Å². The fourth-order valence-corrected chi connectivity index (χ4v) is 2.77. The van der Waals surface area contributed by atoms with Gasteiger partial charge in [-0.2, -0.15) is 13.2 Å². The van der Waals surface area contributed by atoms with E-state index >= 15 is 0 Å². The molecule has 100 valence electrons. The Morgan fingerprint density at radius 2 is 1.83 bits per heavy atom. The van der Waals surface area contributed by atoms with Crippen LogP contribution in [0.15, 0.2) is 12.1 Å². The predicted octanol–water partition coefficient (Wildman–Crippen LogP) is 4.51. The fourth-order valence-electron chi connectivity index (χ4n) is 2.77. The predicted molar refractivity (Wildman–Crippen MR) is 66.4 cm³/mol. The first-order chi connectivity index (χ1) is 8.43. The van der Waals surface area contributed by atoms with Crippen LogP contribution in [-0.2, 0) is 12.6 Å². The van der Waals surface area contributed by atoms with Crippen molar-refractivity contribution in [1.29, 1.82) is 0 Å². The van der Waals surface area contributed by atoms with E-state index in [0.29, 0.717) is 23.2 Å². The first-order valence-corrected chi connectivity index (χ1v) is 6.43. The van der Waals surface area contributed by atoms with Crippen molar-refractivity contribution in [3.05, 3.63) is 28.8 Å². The number of anilines is 1. The Hall–Kier alpha value is -1.19. The molecule has 1 aliphatic rings. The maximum absolute atomic E-state index is 12.9. The Labute approximate surface area is 105 Å². The smallest absolute Gasteiger partial charge is 0.398 e. The molecule has 1 saturated carbocycles. The Morgan fingerprint density at radius 3 is 2.33 bits per heavy atom. The molecule has 0 bridgehead atoms. The van der Waals surface area contributed by atoms with E-state index in [2.05, 4.69) is 0 Å². The van der Waals surface area contributed by atoms with Gasteiger partial charge < -0.3 is 5.73 Å². The Morgan fingerprint density at radius 1 is 1.22 bits per heavy atom. The molecule has 0 saturated heterocycles. The lowest BCUT2D eigenvalue weighted by Gasteiger charge is -2.19. The van der Waals surface area contributed by atoms with Crippen LogP contribution in [0.4, 0.5) is 18.9 Å². The van der Waals surface area contributed by atoms with Crippen LogP contribution in [-0.4, -0.2) is 0 Å². The number of hydrogen-bond acceptors (Lipinski definition) is 1. The molecule has 0 radical (unpaired) electrons. The van der Waals surface area contributed by atoms with Crippen LogP contribution >= 0.6 is 0 Å². The van der Waals surface area contributed by atoms with Crippen LogP contribution in [0, 0.1) is 0 Å². The SMILES string of the molecule is CCc1cc(C(F)(F)F)cc(C2CCCC2)c1N. The highest BCUT2D eigenvalue weighted by Crippen LogP contribution is 2.41. The first-order valence-electron chi connectivity index (χ1n) is 6.43. The van der Waals surface area contributed by atoms with Crippen LogP contribution in [0.1, 0.15) is 55.2 Å². The normalized spacial score (nSPS) is 17.3. The monoisotopic (exact) mass is 257 g/mol. The minimum Gasteiger partial charge on any atom is -0.398 e. The Bertz CT molecular complexity index is 431. The topological polar surface area (TPSA) is 26.0 Å². The van der Waals surface area contributed by atoms with Crippen molar-refractivity contribution in [3.63, 3.8) is 0 Å². The van der Waals surface area contributed by atoms with Gasteiger partial charge in [0.25, 0.3) is 0 Å². The van der Waals surface area contributed by atoms with E-state index in [1.807, 2.05) is 6.92 Å². The number of aryl methyl sites for hydroxylation is 1. The lowest BCUT2D eigenvalue weighted by atomic mass is 9.91. The zero-order chi connectivity index (χ0) is 13.3. The van der Waals surface area contributed by atoms with Gasteiger partial charge in [0.1, 0.15) is 0 Å². The van der Waals surface area contributed by atoms with Gasteiger partial charge >= 0.3 is 6.18 Å². The zero-order valence-electron chi connectivity index (χ0n) is 10.5. The van der Waals surface area contributed by atoms with Crippen LogP contribution in [0.5, 0.6) is 0 Å². The second kappa shape index (κ2) is 4.82. The third kappa shape index (κ3) is 2.47. The lowest BCUT2D eigenvalue weighted by molar-refractivity contribution is -0.137. The van der Waals surface area contributed by atoms with E-state index in [1.54, 1.807) is 0 Å². The summed E-state index contributed by atoms with van der Waals surface area (Å²) >= 11 is 0. The van der Waals surface area contributed by atoms with E-state index in [-0.39, 0.29) is 5.92 Å². The molecule has 18 heavy (non-hydrogen) atoms. The molecule has 0 heterocycles. The zero-order valence-corrected chi connectivity index (χ0v) is 10.5. The van der Waals surface area contributed by atoms with E-state index in [1.165, 1.54) is 12.1 Å². The van der Waals surface area contributed by atoms with Crippen LogP contribution in [0.3, 0.4) is 0 Å². The van der Waals surface area contributed by atoms with Gasteiger partial charge in [0.15, 0.2) is 0 Å². The largest absolute Gasteiger partial charge is 0.416 e. The third-order valence-corrected chi connectivity index (χ3v) is 3.80. The molecule has 1 aliphatic carbocycles. The maximum atomic E-state index is 12.9. The summed E-state index contributed by atoms with van der Waals surface area (Å²) in [7, 11) is 0. The number of alkyl halides is 3. The Kier molecular flexibility index (Phi) is 3.55. The summed E-state index contributed by atoms with van der Waals surface area (Å²) in [6, 6.07) is 2.44. The fraction of sp³-hybridized carbons (Fsp3) is 0.571. The summed E-state index contributed by atoms with van der Waals surface area (Å²) in [5, 5.41) is 0. The summed E-state index contributed by atoms with van der Waals surface area (Å²) in [5.41, 5.74) is 7.35. The van der Waals surface area contributed by atoms with Crippen molar-refractivity contribution in [3.8, 4) is 0 Å². The molecule has 0 spiro atoms. The quantitative estimate of drug-likeness (QED) is 0.775. The maximum Gasteiger partial charge on any atom is 0.416 e. The third-order valence-electron chi connectivity index (χ3n) is 3.80. The van der Waals surface area contributed by atoms with Gasteiger partial charge in [-0.05, 0) is 48.4 Å². The molecule has 2 N–H and O–H groups in total. The van der Waals surface area contributed by atoms with E-state index < -0.39 is 11.7 Å². The van der Waals surface area contributed by atoms with Crippen LogP contribution in [0.2, 0.25) is 0 Å². The molecule has 4 heteroatoms. The van der Waals surface area contributed by atoms with Crippen molar-refractivity contribution < 1.29 is 13.2 Å². The summed E-state index contributed by atoms with van der Waals surface area (Å²) in [4.78, 5) is 0. The van der Waals surface area contributed by atoms with E-state index in [0.717, 1.165) is 25.7 Å². The standard InChI is InChI=1S/C14H18F3N/c1-2-9-7-11(14(15,16)17)8-12(13(9)18)10-5-3-4-6-10/h7-8,10H,2-6,18H2,1H3. The molecule has 0 atom stereocenters. The number of halogens is 3. The van der Waals surface area contributed by atoms with Crippen LogP contribution < -0.4 is 5.73 Å². The average molecular weight is 257 g/mol. The number of rotatable bonds is 2. The van der Waals surface area contributed by atoms with Gasteiger partial charge in [-0.3, -0.25) is 0 Å². The lowest BCUT2D eigenvalue weighted by Crippen LogP contribution is -2.10. The molecule has 0 unspecified atom stereocenters. The average Bonchev–Trinajstić information content (AvgIpc) is 2.81. The van der Waals surface area contributed by atoms with Gasteiger partial charge in [-0.15, -0.1) is 0 Å². The second-order valence-corrected chi connectivity index (χ2v) is 4.97.